The fourth-order valence-electron chi connectivity index (χ4n) is 1.57. The monoisotopic (exact) mass is 229 g/mol. The maximum Gasteiger partial charge on any atom is 0.290 e. The number of hydrogen-bond donors (Lipinski definition) is 0. The van der Waals surface area contributed by atoms with Crippen LogP contribution in [0.1, 0.15) is 5.56 Å². The highest BCUT2D eigenvalue weighted by molar-refractivity contribution is 5.50. The number of halogens is 2. The highest BCUT2D eigenvalue weighted by Gasteiger charge is 2.44. The second-order valence-corrected chi connectivity index (χ2v) is 3.80. The Morgan fingerprint density at radius 3 is 2.62 bits per heavy atom. The number of nitrogens with zero attached hydrogens (tertiary/aromatic N) is 3. The van der Waals surface area contributed by atoms with Gasteiger partial charge in [0.05, 0.1) is 18.0 Å². The zero-order chi connectivity index (χ0) is 11.9. The summed E-state index contributed by atoms with van der Waals surface area (Å²) in [5.74, 6) is -2.31. The van der Waals surface area contributed by atoms with E-state index in [2.05, 4.69) is 4.98 Å². The highest BCUT2D eigenvalue weighted by atomic mass is 19.3. The summed E-state index contributed by atoms with van der Waals surface area (Å²) in [6, 6.07) is 1.45. The van der Waals surface area contributed by atoms with Gasteiger partial charge in [0.25, 0.3) is 11.6 Å². The van der Waals surface area contributed by atoms with Crippen molar-refractivity contribution in [2.75, 3.05) is 18.0 Å². The predicted octanol–water partition coefficient (Wildman–Crippen LogP) is 1.75. The molecule has 16 heavy (non-hydrogen) atoms. The number of hydrogen-bond acceptors (Lipinski definition) is 4. The molecule has 1 aliphatic heterocycles. The molecule has 1 fully saturated rings. The van der Waals surface area contributed by atoms with Crippen molar-refractivity contribution in [2.24, 2.45) is 0 Å². The SMILES string of the molecule is Cc1cc(N2CC(F)(F)C2)ncc1[N+](=O)[O-]. The molecule has 86 valence electrons. The zero-order valence-electron chi connectivity index (χ0n) is 8.48. The van der Waals surface area contributed by atoms with Crippen LogP contribution in [0.3, 0.4) is 0 Å². The molecule has 0 unspecified atom stereocenters. The Morgan fingerprint density at radius 1 is 1.56 bits per heavy atom. The van der Waals surface area contributed by atoms with Crippen molar-refractivity contribution in [3.05, 3.63) is 27.9 Å². The van der Waals surface area contributed by atoms with Crippen molar-refractivity contribution in [1.82, 2.24) is 4.98 Å². The molecule has 2 heterocycles. The largest absolute Gasteiger partial charge is 0.344 e. The van der Waals surface area contributed by atoms with E-state index in [9.17, 15) is 18.9 Å². The van der Waals surface area contributed by atoms with Crippen molar-refractivity contribution in [3.8, 4) is 0 Å². The molecule has 0 N–H and O–H groups in total. The predicted molar refractivity (Wildman–Crippen MR) is 52.8 cm³/mol. The average molecular weight is 229 g/mol. The van der Waals surface area contributed by atoms with Gasteiger partial charge in [0, 0.05) is 5.56 Å². The lowest BCUT2D eigenvalue weighted by molar-refractivity contribution is -0.385. The van der Waals surface area contributed by atoms with Crippen molar-refractivity contribution in [2.45, 2.75) is 12.8 Å². The van der Waals surface area contributed by atoms with Crippen LogP contribution in [0.5, 0.6) is 0 Å². The van der Waals surface area contributed by atoms with Gasteiger partial charge in [-0.05, 0) is 13.0 Å². The zero-order valence-corrected chi connectivity index (χ0v) is 8.48. The van der Waals surface area contributed by atoms with Crippen LogP contribution in [-0.4, -0.2) is 28.9 Å². The Morgan fingerprint density at radius 2 is 2.19 bits per heavy atom. The minimum absolute atomic E-state index is 0.101. The molecular formula is C9H9F2N3O2. The summed E-state index contributed by atoms with van der Waals surface area (Å²) in [6.45, 7) is 0.801. The van der Waals surface area contributed by atoms with E-state index in [0.717, 1.165) is 6.20 Å². The topological polar surface area (TPSA) is 59.3 Å². The van der Waals surface area contributed by atoms with E-state index in [1.54, 1.807) is 6.92 Å². The molecule has 0 atom stereocenters. The molecule has 0 aliphatic carbocycles. The Bertz CT molecular complexity index is 442. The van der Waals surface area contributed by atoms with E-state index in [1.807, 2.05) is 0 Å². The van der Waals surface area contributed by atoms with Gasteiger partial charge in [0.1, 0.15) is 12.0 Å². The number of anilines is 1. The summed E-state index contributed by atoms with van der Waals surface area (Å²) in [6.07, 6.45) is 1.10. The van der Waals surface area contributed by atoms with Gasteiger partial charge in [-0.2, -0.15) is 0 Å². The van der Waals surface area contributed by atoms with E-state index >= 15 is 0 Å². The van der Waals surface area contributed by atoms with Gasteiger partial charge in [-0.1, -0.05) is 0 Å². The van der Waals surface area contributed by atoms with Crippen LogP contribution < -0.4 is 4.90 Å². The Balaban J connectivity index is 2.20. The first kappa shape index (κ1) is 10.7. The summed E-state index contributed by atoms with van der Waals surface area (Å²) in [5, 5.41) is 10.5. The van der Waals surface area contributed by atoms with Crippen molar-refractivity contribution < 1.29 is 13.7 Å². The molecule has 2 rings (SSSR count). The third-order valence-electron chi connectivity index (χ3n) is 2.43. The van der Waals surface area contributed by atoms with E-state index in [4.69, 9.17) is 0 Å². The van der Waals surface area contributed by atoms with Crippen LogP contribution in [0, 0.1) is 17.0 Å². The Labute approximate surface area is 89.8 Å². The molecule has 1 aromatic rings. The standard InChI is InChI=1S/C9H9F2N3O2/c1-6-2-8(12-3-7(6)14(15)16)13-4-9(10,11)5-13/h2-3H,4-5H2,1H3. The molecule has 0 radical (unpaired) electrons. The maximum absolute atomic E-state index is 12.6. The minimum atomic E-state index is -2.67. The van der Waals surface area contributed by atoms with Gasteiger partial charge in [-0.25, -0.2) is 13.8 Å². The molecular weight excluding hydrogens is 220 g/mol. The van der Waals surface area contributed by atoms with Gasteiger partial charge in [0.15, 0.2) is 0 Å². The highest BCUT2D eigenvalue weighted by Crippen LogP contribution is 2.32. The van der Waals surface area contributed by atoms with Gasteiger partial charge >= 0.3 is 0 Å². The molecule has 5 nitrogen and oxygen atoms in total. The number of alkyl halides is 2. The third-order valence-corrected chi connectivity index (χ3v) is 2.43. The lowest BCUT2D eigenvalue weighted by Crippen LogP contribution is -2.56. The van der Waals surface area contributed by atoms with Crippen LogP contribution in [-0.2, 0) is 0 Å². The van der Waals surface area contributed by atoms with E-state index in [1.165, 1.54) is 11.0 Å². The Kier molecular flexibility index (Phi) is 2.25. The maximum atomic E-state index is 12.6. The number of rotatable bonds is 2. The summed E-state index contributed by atoms with van der Waals surface area (Å²) in [5.41, 5.74) is 0.321. The summed E-state index contributed by atoms with van der Waals surface area (Å²) < 4.78 is 25.2. The first-order valence-electron chi connectivity index (χ1n) is 4.63. The Hall–Kier alpha value is -1.79. The van der Waals surface area contributed by atoms with Gasteiger partial charge in [0.2, 0.25) is 0 Å². The molecule has 1 saturated heterocycles. The van der Waals surface area contributed by atoms with Crippen molar-refractivity contribution >= 4 is 11.5 Å². The fourth-order valence-corrected chi connectivity index (χ4v) is 1.57. The van der Waals surface area contributed by atoms with Crippen molar-refractivity contribution in [1.29, 1.82) is 0 Å². The van der Waals surface area contributed by atoms with E-state index in [0.29, 0.717) is 11.4 Å². The minimum Gasteiger partial charge on any atom is -0.344 e. The second kappa shape index (κ2) is 3.36. The average Bonchev–Trinajstić information content (AvgIpc) is 2.13. The van der Waals surface area contributed by atoms with Crippen LogP contribution in [0.2, 0.25) is 0 Å². The molecule has 1 aromatic heterocycles. The van der Waals surface area contributed by atoms with Crippen LogP contribution in [0.25, 0.3) is 0 Å². The normalized spacial score (nSPS) is 18.1. The van der Waals surface area contributed by atoms with Crippen LogP contribution in [0.4, 0.5) is 20.3 Å². The fraction of sp³-hybridized carbons (Fsp3) is 0.444. The third kappa shape index (κ3) is 1.80. The van der Waals surface area contributed by atoms with E-state index < -0.39 is 10.8 Å². The number of aromatic nitrogens is 1. The quantitative estimate of drug-likeness (QED) is 0.572. The van der Waals surface area contributed by atoms with Gasteiger partial charge < -0.3 is 4.90 Å². The second-order valence-electron chi connectivity index (χ2n) is 3.80. The first-order valence-corrected chi connectivity index (χ1v) is 4.63. The number of pyridine rings is 1. The smallest absolute Gasteiger partial charge is 0.290 e. The van der Waals surface area contributed by atoms with Crippen molar-refractivity contribution in [3.63, 3.8) is 0 Å². The molecule has 1 aliphatic rings. The first-order chi connectivity index (χ1) is 7.39. The lowest BCUT2D eigenvalue weighted by atomic mass is 10.1. The van der Waals surface area contributed by atoms with E-state index in [-0.39, 0.29) is 18.8 Å². The van der Waals surface area contributed by atoms with Gasteiger partial charge in [-0.15, -0.1) is 0 Å². The van der Waals surface area contributed by atoms with Crippen LogP contribution in [0.15, 0.2) is 12.3 Å². The molecule has 0 aromatic carbocycles. The molecule has 0 spiro atoms. The number of nitro groups is 1. The summed E-state index contributed by atoms with van der Waals surface area (Å²) >= 11 is 0. The number of aryl methyl sites for hydroxylation is 1. The van der Waals surface area contributed by atoms with Gasteiger partial charge in [-0.3, -0.25) is 10.1 Å². The lowest BCUT2D eigenvalue weighted by Gasteiger charge is -2.39. The summed E-state index contributed by atoms with van der Waals surface area (Å²) in [7, 11) is 0. The summed E-state index contributed by atoms with van der Waals surface area (Å²) in [4.78, 5) is 15.2. The molecule has 0 saturated carbocycles. The molecule has 7 heteroatoms. The molecule has 0 amide bonds. The van der Waals surface area contributed by atoms with Crippen LogP contribution >= 0.6 is 0 Å². The molecule has 0 bridgehead atoms.